The second-order valence-corrected chi connectivity index (χ2v) is 6.21. The number of para-hydroxylation sites is 2. The Hall–Kier alpha value is -3.47. The summed E-state index contributed by atoms with van der Waals surface area (Å²) in [4.78, 5) is 13.1. The first-order valence-corrected chi connectivity index (χ1v) is 8.42. The van der Waals surface area contributed by atoms with Crippen molar-refractivity contribution in [3.63, 3.8) is 0 Å². The summed E-state index contributed by atoms with van der Waals surface area (Å²) in [7, 11) is 0. The van der Waals surface area contributed by atoms with Gasteiger partial charge < -0.3 is 5.32 Å². The lowest BCUT2D eigenvalue weighted by molar-refractivity contribution is 0.0949. The monoisotopic (exact) mass is 342 g/mol. The highest BCUT2D eigenvalue weighted by molar-refractivity contribution is 6.04. The quantitative estimate of drug-likeness (QED) is 0.596. The number of aromatic nitrogens is 3. The molecule has 0 fully saturated rings. The molecule has 0 atom stereocenters. The van der Waals surface area contributed by atoms with Crippen molar-refractivity contribution in [2.75, 3.05) is 5.32 Å². The van der Waals surface area contributed by atoms with E-state index in [9.17, 15) is 4.79 Å². The molecule has 4 rings (SSSR count). The molecule has 0 spiro atoms. The molecular weight excluding hydrogens is 324 g/mol. The largest absolute Gasteiger partial charge is 0.355 e. The van der Waals surface area contributed by atoms with E-state index in [4.69, 9.17) is 0 Å². The van der Waals surface area contributed by atoms with Gasteiger partial charge in [0.1, 0.15) is 5.52 Å². The Morgan fingerprint density at radius 2 is 1.62 bits per heavy atom. The zero-order valence-corrected chi connectivity index (χ0v) is 14.6. The molecule has 1 aromatic heterocycles. The zero-order chi connectivity index (χ0) is 18.1. The summed E-state index contributed by atoms with van der Waals surface area (Å²) in [6.45, 7) is 4.13. The van der Waals surface area contributed by atoms with Gasteiger partial charge >= 0.3 is 0 Å². The third kappa shape index (κ3) is 2.73. The van der Waals surface area contributed by atoms with Crippen molar-refractivity contribution in [3.05, 3.63) is 83.4 Å². The van der Waals surface area contributed by atoms with E-state index in [2.05, 4.69) is 35.5 Å². The van der Waals surface area contributed by atoms with Crippen LogP contribution in [0, 0.1) is 13.8 Å². The molecule has 0 amide bonds. The van der Waals surface area contributed by atoms with E-state index in [-0.39, 0.29) is 5.91 Å². The molecule has 0 unspecified atom stereocenters. The first-order chi connectivity index (χ1) is 12.6. The van der Waals surface area contributed by atoms with Crippen molar-refractivity contribution in [1.29, 1.82) is 0 Å². The minimum absolute atomic E-state index is 0.216. The van der Waals surface area contributed by atoms with E-state index in [0.717, 1.165) is 16.9 Å². The predicted octanol–water partition coefficient (Wildman–Crippen LogP) is 4.48. The van der Waals surface area contributed by atoms with Gasteiger partial charge in [0.25, 0.3) is 5.91 Å². The highest BCUT2D eigenvalue weighted by atomic mass is 16.2. The van der Waals surface area contributed by atoms with Gasteiger partial charge in [-0.25, -0.2) is 0 Å². The molecule has 0 saturated heterocycles. The molecule has 128 valence electrons. The Morgan fingerprint density at radius 3 is 2.50 bits per heavy atom. The van der Waals surface area contributed by atoms with Crippen LogP contribution >= 0.6 is 0 Å². The van der Waals surface area contributed by atoms with Gasteiger partial charge in [0.2, 0.25) is 0 Å². The zero-order valence-electron chi connectivity index (χ0n) is 14.6. The van der Waals surface area contributed by atoms with Gasteiger partial charge in [-0.2, -0.15) is 4.68 Å². The molecule has 0 saturated carbocycles. The Labute approximate surface area is 151 Å². The summed E-state index contributed by atoms with van der Waals surface area (Å²) in [6, 6.07) is 21.0. The average molecular weight is 342 g/mol. The molecular formula is C21H18N4O. The van der Waals surface area contributed by atoms with Crippen LogP contribution in [0.2, 0.25) is 0 Å². The molecule has 0 aliphatic carbocycles. The number of hydrogen-bond acceptors (Lipinski definition) is 4. The molecule has 0 aliphatic rings. The summed E-state index contributed by atoms with van der Waals surface area (Å²) >= 11 is 0. The number of rotatable bonds is 3. The Balaban J connectivity index is 1.76. The van der Waals surface area contributed by atoms with Crippen LogP contribution in [0.25, 0.3) is 11.0 Å². The van der Waals surface area contributed by atoms with Gasteiger partial charge in [-0.3, -0.25) is 4.79 Å². The maximum atomic E-state index is 13.1. The van der Waals surface area contributed by atoms with Crippen LogP contribution in [0.1, 0.15) is 21.5 Å². The van der Waals surface area contributed by atoms with Crippen LogP contribution in [0.15, 0.2) is 66.7 Å². The van der Waals surface area contributed by atoms with Crippen molar-refractivity contribution >= 4 is 28.3 Å². The van der Waals surface area contributed by atoms with E-state index in [1.54, 1.807) is 6.07 Å². The van der Waals surface area contributed by atoms with Crippen molar-refractivity contribution in [2.24, 2.45) is 0 Å². The maximum absolute atomic E-state index is 13.1. The summed E-state index contributed by atoms with van der Waals surface area (Å²) in [6.07, 6.45) is 0. The molecule has 1 N–H and O–H groups in total. The molecule has 5 heteroatoms. The fourth-order valence-corrected chi connectivity index (χ4v) is 2.94. The van der Waals surface area contributed by atoms with Crippen LogP contribution in [0.5, 0.6) is 0 Å². The van der Waals surface area contributed by atoms with E-state index in [1.807, 2.05) is 54.6 Å². The highest BCUT2D eigenvalue weighted by Crippen LogP contribution is 2.26. The second-order valence-electron chi connectivity index (χ2n) is 6.21. The number of hydrogen-bond donors (Lipinski definition) is 1. The molecule has 0 aliphatic heterocycles. The lowest BCUT2D eigenvalue weighted by Crippen LogP contribution is -2.15. The molecule has 0 radical (unpaired) electrons. The number of carbonyl (C=O) groups is 1. The fraction of sp³-hybridized carbons (Fsp3) is 0.0952. The highest BCUT2D eigenvalue weighted by Gasteiger charge is 2.17. The van der Waals surface area contributed by atoms with Crippen LogP contribution in [0.3, 0.4) is 0 Å². The van der Waals surface area contributed by atoms with E-state index in [0.29, 0.717) is 16.6 Å². The SMILES string of the molecule is Cc1cccc(Nc2ccccc2C(=O)n2nnc3ccccc32)c1C. The van der Waals surface area contributed by atoms with Crippen LogP contribution in [0.4, 0.5) is 11.4 Å². The number of benzene rings is 3. The summed E-state index contributed by atoms with van der Waals surface area (Å²) in [5, 5.41) is 11.5. The number of fused-ring (bicyclic) bond motifs is 1. The Bertz CT molecular complexity index is 1110. The van der Waals surface area contributed by atoms with Crippen LogP contribution < -0.4 is 5.32 Å². The van der Waals surface area contributed by atoms with E-state index >= 15 is 0 Å². The molecule has 1 heterocycles. The standard InChI is InChI=1S/C21H18N4O/c1-14-8-7-12-17(15(14)2)22-18-10-4-3-9-16(18)21(26)25-20-13-6-5-11-19(20)23-24-25/h3-13,22H,1-2H3. The van der Waals surface area contributed by atoms with Gasteiger partial charge in [-0.05, 0) is 55.3 Å². The number of aryl methyl sites for hydroxylation is 1. The lowest BCUT2D eigenvalue weighted by atomic mass is 10.1. The topological polar surface area (TPSA) is 59.8 Å². The van der Waals surface area contributed by atoms with E-state index < -0.39 is 0 Å². The third-order valence-electron chi connectivity index (χ3n) is 4.58. The van der Waals surface area contributed by atoms with Gasteiger partial charge in [0.15, 0.2) is 0 Å². The molecule has 3 aromatic carbocycles. The second kappa shape index (κ2) is 6.44. The number of carbonyl (C=O) groups excluding carboxylic acids is 1. The molecule has 26 heavy (non-hydrogen) atoms. The third-order valence-corrected chi connectivity index (χ3v) is 4.58. The number of nitrogens with one attached hydrogen (secondary N) is 1. The Kier molecular flexibility index (Phi) is 3.97. The smallest absolute Gasteiger partial charge is 0.282 e. The lowest BCUT2D eigenvalue weighted by Gasteiger charge is -2.14. The molecule has 0 bridgehead atoms. The van der Waals surface area contributed by atoms with Crippen LogP contribution in [-0.2, 0) is 0 Å². The van der Waals surface area contributed by atoms with Gasteiger partial charge in [0.05, 0.1) is 16.8 Å². The minimum atomic E-state index is -0.216. The summed E-state index contributed by atoms with van der Waals surface area (Å²) in [5.41, 5.74) is 6.01. The van der Waals surface area contributed by atoms with Gasteiger partial charge in [-0.1, -0.05) is 41.6 Å². The van der Waals surface area contributed by atoms with Gasteiger partial charge in [-0.15, -0.1) is 5.10 Å². The maximum Gasteiger partial charge on any atom is 0.282 e. The fourth-order valence-electron chi connectivity index (χ4n) is 2.94. The predicted molar refractivity (Wildman–Crippen MR) is 103 cm³/mol. The van der Waals surface area contributed by atoms with Gasteiger partial charge in [0, 0.05) is 5.69 Å². The number of anilines is 2. The Morgan fingerprint density at radius 1 is 0.885 bits per heavy atom. The van der Waals surface area contributed by atoms with Crippen molar-refractivity contribution < 1.29 is 4.79 Å². The van der Waals surface area contributed by atoms with Crippen molar-refractivity contribution in [1.82, 2.24) is 15.0 Å². The van der Waals surface area contributed by atoms with Crippen molar-refractivity contribution in [3.8, 4) is 0 Å². The normalized spacial score (nSPS) is 10.8. The van der Waals surface area contributed by atoms with Crippen molar-refractivity contribution in [2.45, 2.75) is 13.8 Å². The summed E-state index contributed by atoms with van der Waals surface area (Å²) in [5.74, 6) is -0.216. The minimum Gasteiger partial charge on any atom is -0.355 e. The molecule has 5 nitrogen and oxygen atoms in total. The first kappa shape index (κ1) is 16.0. The molecule has 4 aromatic rings. The average Bonchev–Trinajstić information content (AvgIpc) is 3.09. The van der Waals surface area contributed by atoms with E-state index in [1.165, 1.54) is 10.2 Å². The number of nitrogens with zero attached hydrogens (tertiary/aromatic N) is 3. The summed E-state index contributed by atoms with van der Waals surface area (Å²) < 4.78 is 1.35. The van der Waals surface area contributed by atoms with Crippen LogP contribution in [-0.4, -0.2) is 20.9 Å². The first-order valence-electron chi connectivity index (χ1n) is 8.42.